The molecule has 182 valence electrons. The van der Waals surface area contributed by atoms with E-state index in [0.717, 1.165) is 43.2 Å². The molecule has 0 radical (unpaired) electrons. The Kier molecular flexibility index (Phi) is 9.82. The van der Waals surface area contributed by atoms with Crippen molar-refractivity contribution in [1.29, 1.82) is 0 Å². The molecule has 0 heterocycles. The summed E-state index contributed by atoms with van der Waals surface area (Å²) in [5, 5.41) is 0. The van der Waals surface area contributed by atoms with E-state index in [-0.39, 0.29) is 11.6 Å². The number of ketones is 2. The Morgan fingerprint density at radius 2 is 0.944 bits per heavy atom. The summed E-state index contributed by atoms with van der Waals surface area (Å²) in [7, 11) is 0. The first kappa shape index (κ1) is 27.5. The molecular weight excluding hydrogens is 712 g/mol. The maximum atomic E-state index is 13.7. The molecule has 0 fully saturated rings. The van der Waals surface area contributed by atoms with Crippen LogP contribution in [0.4, 0.5) is 0 Å². The number of thioether (sulfide) groups is 2. The van der Waals surface area contributed by atoms with Gasteiger partial charge in [-0.2, -0.15) is 0 Å². The summed E-state index contributed by atoms with van der Waals surface area (Å²) >= 11 is 1.93. The Hall–Kier alpha value is -1.50. The van der Waals surface area contributed by atoms with Gasteiger partial charge in [-0.05, 0) is 0 Å². The Balaban J connectivity index is 1.67. The van der Waals surface area contributed by atoms with E-state index in [1.807, 2.05) is 87.0 Å². The molecule has 0 saturated carbocycles. The average Bonchev–Trinajstić information content (AvgIpc) is 2.91. The molecule has 4 aromatic rings. The van der Waals surface area contributed by atoms with Crippen molar-refractivity contribution >= 4 is 76.4 Å². The number of aryl methyl sites for hydroxylation is 2. The van der Waals surface area contributed by atoms with Gasteiger partial charge < -0.3 is 0 Å². The van der Waals surface area contributed by atoms with E-state index in [2.05, 4.69) is 24.3 Å². The minimum absolute atomic E-state index is 0.102. The Morgan fingerprint density at radius 1 is 0.556 bits per heavy atom. The van der Waals surface area contributed by atoms with Crippen LogP contribution in [0.3, 0.4) is 0 Å². The van der Waals surface area contributed by atoms with Crippen LogP contribution in [-0.4, -0.2) is 58.2 Å². The van der Waals surface area contributed by atoms with Crippen LogP contribution in [0.5, 0.6) is 0 Å². The van der Waals surface area contributed by atoms with Gasteiger partial charge in [-0.15, -0.1) is 0 Å². The second-order valence-corrected chi connectivity index (χ2v) is 19.8. The van der Waals surface area contributed by atoms with Gasteiger partial charge in [-0.25, -0.2) is 0 Å². The predicted octanol–water partition coefficient (Wildman–Crippen LogP) is 5.48. The van der Waals surface area contributed by atoms with Crippen molar-refractivity contribution < 1.29 is 9.59 Å². The van der Waals surface area contributed by atoms with E-state index in [0.29, 0.717) is 0 Å². The molecule has 4 aromatic carbocycles. The van der Waals surface area contributed by atoms with E-state index >= 15 is 0 Å². The molecule has 0 spiro atoms. The molecule has 0 aromatic heterocycles. The molecule has 0 atom stereocenters. The zero-order valence-corrected chi connectivity index (χ0v) is 26.8. The SMILES string of the molecule is CSc1ccccc1C(=O)c1cc(C)ccc1[Te][Te]c1ccc(C)cc1C(=O)c1ccccc1SC. The molecular formula is C30H26O2S2Te2. The van der Waals surface area contributed by atoms with Crippen LogP contribution in [0, 0.1) is 13.8 Å². The number of rotatable bonds is 9. The molecule has 0 bridgehead atoms. The van der Waals surface area contributed by atoms with Gasteiger partial charge in [0.15, 0.2) is 0 Å². The second kappa shape index (κ2) is 12.8. The number of benzene rings is 4. The van der Waals surface area contributed by atoms with Crippen LogP contribution in [0.25, 0.3) is 0 Å². The third-order valence-corrected chi connectivity index (χ3v) is 19.0. The van der Waals surface area contributed by atoms with Gasteiger partial charge >= 0.3 is 240 Å². The van der Waals surface area contributed by atoms with E-state index in [1.54, 1.807) is 23.5 Å². The van der Waals surface area contributed by atoms with E-state index in [9.17, 15) is 9.59 Å². The Morgan fingerprint density at radius 3 is 1.33 bits per heavy atom. The summed E-state index contributed by atoms with van der Waals surface area (Å²) < 4.78 is 2.38. The van der Waals surface area contributed by atoms with Crippen LogP contribution >= 0.6 is 23.5 Å². The first-order chi connectivity index (χ1) is 17.4. The van der Waals surface area contributed by atoms with Crippen LogP contribution in [0.2, 0.25) is 0 Å². The summed E-state index contributed by atoms with van der Waals surface area (Å²) in [4.78, 5) is 29.3. The molecule has 0 N–H and O–H groups in total. The monoisotopic (exact) mass is 742 g/mol. The van der Waals surface area contributed by atoms with Crippen LogP contribution < -0.4 is 7.22 Å². The average molecular weight is 738 g/mol. The number of hydrogen-bond donors (Lipinski definition) is 0. The zero-order chi connectivity index (χ0) is 25.7. The fourth-order valence-corrected chi connectivity index (χ4v) is 16.6. The summed E-state index contributed by atoms with van der Waals surface area (Å²) in [5.41, 5.74) is 5.39. The van der Waals surface area contributed by atoms with E-state index in [4.69, 9.17) is 0 Å². The molecule has 0 amide bonds. The molecule has 4 rings (SSSR count). The van der Waals surface area contributed by atoms with Gasteiger partial charge in [0, 0.05) is 0 Å². The maximum absolute atomic E-state index is 13.7. The molecule has 0 saturated heterocycles. The van der Waals surface area contributed by atoms with Crippen LogP contribution in [0.15, 0.2) is 94.7 Å². The second-order valence-electron chi connectivity index (χ2n) is 8.22. The fourth-order valence-electron chi connectivity index (χ4n) is 3.83. The van der Waals surface area contributed by atoms with Crippen molar-refractivity contribution in [3.05, 3.63) is 118 Å². The number of hydrogen-bond acceptors (Lipinski definition) is 4. The third kappa shape index (κ3) is 6.31. The van der Waals surface area contributed by atoms with E-state index < -0.39 is 34.1 Å². The van der Waals surface area contributed by atoms with E-state index in [1.165, 1.54) is 7.22 Å². The topological polar surface area (TPSA) is 34.1 Å². The van der Waals surface area contributed by atoms with Gasteiger partial charge in [0.05, 0.1) is 0 Å². The van der Waals surface area contributed by atoms with Gasteiger partial charge in [0.1, 0.15) is 0 Å². The zero-order valence-electron chi connectivity index (χ0n) is 20.5. The van der Waals surface area contributed by atoms with Crippen molar-refractivity contribution in [2.75, 3.05) is 12.5 Å². The fraction of sp³-hybridized carbons (Fsp3) is 0.133. The summed E-state index contributed by atoms with van der Waals surface area (Å²) in [6, 6.07) is 28.3. The first-order valence-electron chi connectivity index (χ1n) is 11.3. The summed E-state index contributed by atoms with van der Waals surface area (Å²) in [5.74, 6) is 0.204. The molecule has 6 heteroatoms. The molecule has 0 unspecified atom stereocenters. The normalized spacial score (nSPS) is 10.9. The van der Waals surface area contributed by atoms with Crippen molar-refractivity contribution in [1.82, 2.24) is 0 Å². The first-order valence-corrected chi connectivity index (χ1v) is 23.5. The van der Waals surface area contributed by atoms with Crippen molar-refractivity contribution in [2.45, 2.75) is 23.6 Å². The number of carbonyl (C=O) groups is 2. The van der Waals surface area contributed by atoms with Gasteiger partial charge in [0.25, 0.3) is 0 Å². The molecule has 0 aliphatic carbocycles. The minimum atomic E-state index is -0.638. The third-order valence-electron chi connectivity index (χ3n) is 5.68. The van der Waals surface area contributed by atoms with Gasteiger partial charge in [-0.3, -0.25) is 0 Å². The Bertz CT molecular complexity index is 1320. The number of carbonyl (C=O) groups excluding carboxylic acids is 2. The predicted molar refractivity (Wildman–Crippen MR) is 156 cm³/mol. The standard InChI is InChI=1S/C30H26O2S2Te2/c1-19-13-15-27(23(17-19)29(31)21-9-5-7-11-25(21)33-3)35-36-28-16-14-20(2)18-24(28)30(32)22-10-6-8-12-26(22)34-4/h5-18H,1-4H3. The molecule has 0 aliphatic rings. The van der Waals surface area contributed by atoms with Gasteiger partial charge in [0.2, 0.25) is 0 Å². The van der Waals surface area contributed by atoms with Gasteiger partial charge in [-0.1, -0.05) is 0 Å². The summed E-state index contributed by atoms with van der Waals surface area (Å²) in [6.07, 6.45) is 4.02. The molecule has 2 nitrogen and oxygen atoms in total. The summed E-state index contributed by atoms with van der Waals surface area (Å²) in [6.45, 7) is 4.08. The Labute approximate surface area is 238 Å². The quantitative estimate of drug-likeness (QED) is 0.130. The molecule has 0 aliphatic heterocycles. The van der Waals surface area contributed by atoms with Crippen LogP contribution in [-0.2, 0) is 0 Å². The van der Waals surface area contributed by atoms with Crippen molar-refractivity contribution in [3.63, 3.8) is 0 Å². The van der Waals surface area contributed by atoms with Crippen molar-refractivity contribution in [3.8, 4) is 0 Å². The van der Waals surface area contributed by atoms with Crippen LogP contribution in [0.1, 0.15) is 43.0 Å². The van der Waals surface area contributed by atoms with Crippen molar-refractivity contribution in [2.24, 2.45) is 0 Å². The molecule has 36 heavy (non-hydrogen) atoms.